The van der Waals surface area contributed by atoms with Crippen LogP contribution in [0.5, 0.6) is 0 Å². The highest BCUT2D eigenvalue weighted by atomic mass is 35.5. The first kappa shape index (κ1) is 17.8. The van der Waals surface area contributed by atoms with Crippen molar-refractivity contribution in [1.82, 2.24) is 14.5 Å². The number of carbonyl (C=O) groups excluding carboxylic acids is 1. The molecule has 0 amide bonds. The lowest BCUT2D eigenvalue weighted by molar-refractivity contribution is 0.0489. The lowest BCUT2D eigenvalue weighted by atomic mass is 10.3. The van der Waals surface area contributed by atoms with E-state index in [1.165, 1.54) is 6.20 Å². The molecule has 6 nitrogen and oxygen atoms in total. The van der Waals surface area contributed by atoms with Gasteiger partial charge in [-0.25, -0.2) is 14.6 Å². The molecule has 130 valence electrons. The van der Waals surface area contributed by atoms with E-state index in [0.717, 1.165) is 11.0 Å². The number of hydrogen-bond acceptors (Lipinski definition) is 4. The number of halogens is 3. The Morgan fingerprint density at radius 1 is 1.20 bits per heavy atom. The molecule has 1 N–H and O–H groups in total. The highest BCUT2D eigenvalue weighted by molar-refractivity contribution is 6.48. The second-order valence-corrected chi connectivity index (χ2v) is 6.33. The normalized spacial score (nSPS) is 11.0. The average Bonchev–Trinajstić information content (AvgIpc) is 2.92. The number of carbonyl (C=O) groups is 1. The molecule has 2 aromatic heterocycles. The molecule has 3 aromatic rings. The third-order valence-electron chi connectivity index (χ3n) is 3.55. The Morgan fingerprint density at radius 3 is 2.76 bits per heavy atom. The number of pyridine rings is 1. The van der Waals surface area contributed by atoms with Gasteiger partial charge in [0, 0.05) is 12.7 Å². The van der Waals surface area contributed by atoms with E-state index in [4.69, 9.17) is 39.5 Å². The standard InChI is InChI=1S/C16H12Cl3N3O3/c17-9-8-20-14(13(19)12(9)18)15(23)25-7-3-6-22-11-5-2-1-4-10(11)21-16(22)24/h1-2,4-5,8H,3,6-7H2,(H,21,24). The number of aryl methyl sites for hydroxylation is 1. The molecule has 0 atom stereocenters. The number of nitrogens with zero attached hydrogens (tertiary/aromatic N) is 2. The van der Waals surface area contributed by atoms with Crippen LogP contribution in [0.4, 0.5) is 0 Å². The molecule has 0 saturated heterocycles. The highest BCUT2D eigenvalue weighted by Gasteiger charge is 2.18. The summed E-state index contributed by atoms with van der Waals surface area (Å²) in [6.45, 7) is 0.502. The van der Waals surface area contributed by atoms with E-state index in [1.54, 1.807) is 4.57 Å². The van der Waals surface area contributed by atoms with Crippen molar-refractivity contribution in [3.8, 4) is 0 Å². The maximum atomic E-state index is 12.0. The minimum atomic E-state index is -0.699. The van der Waals surface area contributed by atoms with Crippen LogP contribution in [0.15, 0.2) is 35.3 Å². The van der Waals surface area contributed by atoms with Crippen molar-refractivity contribution in [3.63, 3.8) is 0 Å². The maximum Gasteiger partial charge on any atom is 0.358 e. The quantitative estimate of drug-likeness (QED) is 0.520. The Bertz CT molecular complexity index is 997. The summed E-state index contributed by atoms with van der Waals surface area (Å²) in [6.07, 6.45) is 1.68. The van der Waals surface area contributed by atoms with Crippen LogP contribution in [-0.4, -0.2) is 27.1 Å². The Hall–Kier alpha value is -2.02. The van der Waals surface area contributed by atoms with Crippen molar-refractivity contribution < 1.29 is 9.53 Å². The third-order valence-corrected chi connectivity index (χ3v) is 4.79. The number of nitrogens with one attached hydrogen (secondary N) is 1. The van der Waals surface area contributed by atoms with Crippen molar-refractivity contribution in [2.75, 3.05) is 6.61 Å². The van der Waals surface area contributed by atoms with Gasteiger partial charge in [-0.05, 0) is 18.6 Å². The summed E-state index contributed by atoms with van der Waals surface area (Å²) in [5.74, 6) is -0.699. The van der Waals surface area contributed by atoms with Gasteiger partial charge >= 0.3 is 11.7 Å². The number of benzene rings is 1. The maximum absolute atomic E-state index is 12.0. The van der Waals surface area contributed by atoms with Crippen LogP contribution in [0.2, 0.25) is 15.1 Å². The summed E-state index contributed by atoms with van der Waals surface area (Å²) < 4.78 is 6.73. The zero-order valence-corrected chi connectivity index (χ0v) is 15.0. The molecular weight excluding hydrogens is 389 g/mol. The number of H-pyrrole nitrogens is 1. The molecular formula is C16H12Cl3N3O3. The van der Waals surface area contributed by atoms with Crippen molar-refractivity contribution in [2.24, 2.45) is 0 Å². The van der Waals surface area contributed by atoms with Gasteiger partial charge in [-0.1, -0.05) is 46.9 Å². The van der Waals surface area contributed by atoms with Gasteiger partial charge < -0.3 is 9.72 Å². The largest absolute Gasteiger partial charge is 0.461 e. The Labute approximate surface area is 157 Å². The van der Waals surface area contributed by atoms with Crippen LogP contribution >= 0.6 is 34.8 Å². The molecule has 0 radical (unpaired) electrons. The average molecular weight is 401 g/mol. The number of fused-ring (bicyclic) bond motifs is 1. The van der Waals surface area contributed by atoms with E-state index in [2.05, 4.69) is 9.97 Å². The molecule has 25 heavy (non-hydrogen) atoms. The van der Waals surface area contributed by atoms with Crippen molar-refractivity contribution in [1.29, 1.82) is 0 Å². The molecule has 0 fully saturated rings. The summed E-state index contributed by atoms with van der Waals surface area (Å²) >= 11 is 17.6. The predicted molar refractivity (Wildman–Crippen MR) is 96.7 cm³/mol. The molecule has 1 aromatic carbocycles. The molecule has 0 spiro atoms. The first-order valence-electron chi connectivity index (χ1n) is 7.33. The van der Waals surface area contributed by atoms with E-state index in [9.17, 15) is 9.59 Å². The predicted octanol–water partition coefficient (Wildman–Crippen LogP) is 3.93. The van der Waals surface area contributed by atoms with Crippen LogP contribution in [0.25, 0.3) is 11.0 Å². The summed E-state index contributed by atoms with van der Waals surface area (Å²) in [5.41, 5.74) is 1.26. The van der Waals surface area contributed by atoms with Gasteiger partial charge in [-0.15, -0.1) is 0 Å². The van der Waals surface area contributed by atoms with E-state index in [-0.39, 0.29) is 33.1 Å². The van der Waals surface area contributed by atoms with Gasteiger partial charge in [0.1, 0.15) is 0 Å². The third kappa shape index (κ3) is 3.66. The fourth-order valence-corrected chi connectivity index (χ4v) is 2.93. The summed E-state index contributed by atoms with van der Waals surface area (Å²) in [7, 11) is 0. The van der Waals surface area contributed by atoms with E-state index < -0.39 is 5.97 Å². The fraction of sp³-hybridized carbons (Fsp3) is 0.188. The topological polar surface area (TPSA) is 77.0 Å². The molecule has 0 unspecified atom stereocenters. The Morgan fingerprint density at radius 2 is 1.96 bits per heavy atom. The molecule has 0 aliphatic heterocycles. The number of rotatable bonds is 5. The van der Waals surface area contributed by atoms with Gasteiger partial charge in [0.2, 0.25) is 0 Å². The van der Waals surface area contributed by atoms with Gasteiger partial charge in [0.05, 0.1) is 32.7 Å². The molecule has 9 heteroatoms. The molecule has 0 saturated carbocycles. The number of hydrogen-bond donors (Lipinski definition) is 1. The fourth-order valence-electron chi connectivity index (χ4n) is 2.37. The van der Waals surface area contributed by atoms with Gasteiger partial charge in [-0.2, -0.15) is 0 Å². The SMILES string of the molecule is O=C(OCCCn1c(=O)[nH]c2ccccc21)c1ncc(Cl)c(Cl)c1Cl. The minimum Gasteiger partial charge on any atom is -0.461 e. The second-order valence-electron chi connectivity index (χ2n) is 5.17. The smallest absolute Gasteiger partial charge is 0.358 e. The van der Waals surface area contributed by atoms with Crippen LogP contribution in [0, 0.1) is 0 Å². The Balaban J connectivity index is 1.62. The molecule has 2 heterocycles. The van der Waals surface area contributed by atoms with Crippen LogP contribution < -0.4 is 5.69 Å². The summed E-state index contributed by atoms with van der Waals surface area (Å²) in [5, 5.41) is 0.157. The zero-order valence-electron chi connectivity index (χ0n) is 12.8. The number of imidazole rings is 1. The lowest BCUT2D eigenvalue weighted by Gasteiger charge is -2.07. The second kappa shape index (κ2) is 7.47. The van der Waals surface area contributed by atoms with Crippen LogP contribution in [-0.2, 0) is 11.3 Å². The number of aromatic nitrogens is 3. The summed E-state index contributed by atoms with van der Waals surface area (Å²) in [4.78, 5) is 30.6. The van der Waals surface area contributed by atoms with Crippen molar-refractivity contribution >= 4 is 51.8 Å². The number of para-hydroxylation sites is 2. The first-order chi connectivity index (χ1) is 12.0. The first-order valence-corrected chi connectivity index (χ1v) is 8.46. The van der Waals surface area contributed by atoms with Crippen molar-refractivity contribution in [2.45, 2.75) is 13.0 Å². The van der Waals surface area contributed by atoms with Crippen LogP contribution in [0.3, 0.4) is 0 Å². The molecule has 0 bridgehead atoms. The lowest BCUT2D eigenvalue weighted by Crippen LogP contribution is -2.18. The van der Waals surface area contributed by atoms with E-state index in [1.807, 2.05) is 24.3 Å². The molecule has 0 aliphatic carbocycles. The van der Waals surface area contributed by atoms with Gasteiger partial charge in [0.25, 0.3) is 0 Å². The molecule has 3 rings (SSSR count). The van der Waals surface area contributed by atoms with Gasteiger partial charge in [-0.3, -0.25) is 4.57 Å². The summed E-state index contributed by atoms with van der Waals surface area (Å²) in [6, 6.07) is 7.37. The van der Waals surface area contributed by atoms with Gasteiger partial charge in [0.15, 0.2) is 5.69 Å². The number of ether oxygens (including phenoxy) is 1. The van der Waals surface area contributed by atoms with E-state index >= 15 is 0 Å². The number of esters is 1. The van der Waals surface area contributed by atoms with Crippen LogP contribution in [0.1, 0.15) is 16.9 Å². The van der Waals surface area contributed by atoms with Crippen molar-refractivity contribution in [3.05, 3.63) is 61.7 Å². The minimum absolute atomic E-state index is 0.0491. The van der Waals surface area contributed by atoms with E-state index in [0.29, 0.717) is 13.0 Å². The Kier molecular flexibility index (Phi) is 5.32. The number of aromatic amines is 1. The highest BCUT2D eigenvalue weighted by Crippen LogP contribution is 2.31. The zero-order chi connectivity index (χ0) is 18.0. The monoisotopic (exact) mass is 399 g/mol. The molecule has 0 aliphatic rings.